The van der Waals surface area contributed by atoms with Gasteiger partial charge in [0.2, 0.25) is 0 Å². The van der Waals surface area contributed by atoms with Crippen LogP contribution in [-0.4, -0.2) is 36.8 Å². The molecule has 0 saturated carbocycles. The van der Waals surface area contributed by atoms with Gasteiger partial charge < -0.3 is 14.7 Å². The summed E-state index contributed by atoms with van der Waals surface area (Å²) in [5.74, 6) is 1.42. The van der Waals surface area contributed by atoms with Gasteiger partial charge in [-0.15, -0.1) is 0 Å². The van der Waals surface area contributed by atoms with Crippen molar-refractivity contribution >= 4 is 0 Å². The molecule has 1 aliphatic rings. The van der Waals surface area contributed by atoms with Crippen LogP contribution in [0.4, 0.5) is 0 Å². The highest BCUT2D eigenvalue weighted by Crippen LogP contribution is 2.35. The van der Waals surface area contributed by atoms with E-state index in [-0.39, 0.29) is 6.61 Å². The number of likely N-dealkylation sites (tertiary alicyclic amines) is 1. The highest BCUT2D eigenvalue weighted by atomic mass is 16.5. The second kappa shape index (κ2) is 7.16. The second-order valence-corrected chi connectivity index (χ2v) is 6.25. The Hall–Kier alpha value is -1.84. The molecule has 3 rings (SSSR count). The fourth-order valence-electron chi connectivity index (χ4n) is 3.48. The molecule has 1 fully saturated rings. The maximum Gasteiger partial charge on any atom is 0.127 e. The first-order valence-corrected chi connectivity index (χ1v) is 8.37. The van der Waals surface area contributed by atoms with Crippen molar-refractivity contribution in [2.24, 2.45) is 0 Å². The molecule has 1 N–H and O–H groups in total. The van der Waals surface area contributed by atoms with Crippen LogP contribution < -0.4 is 4.74 Å². The lowest BCUT2D eigenvalue weighted by Gasteiger charge is -2.17. The van der Waals surface area contributed by atoms with E-state index in [0.717, 1.165) is 35.5 Å². The van der Waals surface area contributed by atoms with Gasteiger partial charge in [-0.3, -0.25) is 0 Å². The molecule has 1 unspecified atom stereocenters. The normalized spacial score (nSPS) is 18.3. The average molecular weight is 311 g/mol. The van der Waals surface area contributed by atoms with E-state index >= 15 is 0 Å². The summed E-state index contributed by atoms with van der Waals surface area (Å²) in [7, 11) is 2.16. The number of aliphatic hydroxyl groups is 1. The van der Waals surface area contributed by atoms with Gasteiger partial charge in [0.25, 0.3) is 0 Å². The molecule has 122 valence electrons. The van der Waals surface area contributed by atoms with Crippen molar-refractivity contribution < 1.29 is 9.84 Å². The summed E-state index contributed by atoms with van der Waals surface area (Å²) in [5, 5.41) is 9.84. The molecular formula is C20H25NO2. The summed E-state index contributed by atoms with van der Waals surface area (Å²) in [6.45, 7) is 4.93. The van der Waals surface area contributed by atoms with Gasteiger partial charge in [-0.05, 0) is 61.7 Å². The maximum absolute atomic E-state index is 9.84. The van der Waals surface area contributed by atoms with E-state index in [2.05, 4.69) is 36.2 Å². The Labute approximate surface area is 138 Å². The number of likely N-dealkylation sites (N-methyl/N-ethyl adjacent to an activating group) is 1. The van der Waals surface area contributed by atoms with Crippen LogP contribution in [0, 0.1) is 0 Å². The van der Waals surface area contributed by atoms with Crippen LogP contribution in [0.25, 0.3) is 11.1 Å². The number of hydrogen-bond acceptors (Lipinski definition) is 3. The van der Waals surface area contributed by atoms with E-state index in [0.29, 0.717) is 12.5 Å². The van der Waals surface area contributed by atoms with Crippen LogP contribution in [-0.2, 0) is 6.61 Å². The van der Waals surface area contributed by atoms with Gasteiger partial charge in [0.15, 0.2) is 0 Å². The molecule has 0 radical (unpaired) electrons. The SMILES string of the molecule is CCOc1ccccc1-c1ccc(C2CCN(C)C2)c(CO)c1. The minimum atomic E-state index is 0.0835. The first kappa shape index (κ1) is 16.0. The van der Waals surface area contributed by atoms with E-state index in [1.54, 1.807) is 0 Å². The van der Waals surface area contributed by atoms with Crippen LogP contribution in [0.2, 0.25) is 0 Å². The van der Waals surface area contributed by atoms with Gasteiger partial charge in [-0.25, -0.2) is 0 Å². The molecular weight excluding hydrogens is 286 g/mol. The number of ether oxygens (including phenoxy) is 1. The van der Waals surface area contributed by atoms with Crippen LogP contribution in [0.3, 0.4) is 0 Å². The van der Waals surface area contributed by atoms with Crippen molar-refractivity contribution in [3.05, 3.63) is 53.6 Å². The quantitative estimate of drug-likeness (QED) is 0.914. The number of aliphatic hydroxyl groups excluding tert-OH is 1. The molecule has 0 bridgehead atoms. The summed E-state index contributed by atoms with van der Waals surface area (Å²) in [5.41, 5.74) is 4.51. The van der Waals surface area contributed by atoms with Crippen molar-refractivity contribution in [3.63, 3.8) is 0 Å². The summed E-state index contributed by atoms with van der Waals surface area (Å²) in [6.07, 6.45) is 1.17. The third kappa shape index (κ3) is 3.41. The van der Waals surface area contributed by atoms with Crippen LogP contribution in [0.1, 0.15) is 30.4 Å². The van der Waals surface area contributed by atoms with Gasteiger partial charge in [0.05, 0.1) is 13.2 Å². The zero-order chi connectivity index (χ0) is 16.2. The molecule has 1 saturated heterocycles. The Morgan fingerprint density at radius 1 is 1.22 bits per heavy atom. The number of rotatable bonds is 5. The molecule has 23 heavy (non-hydrogen) atoms. The Bertz CT molecular complexity index is 668. The lowest BCUT2D eigenvalue weighted by Crippen LogP contribution is -2.14. The van der Waals surface area contributed by atoms with E-state index < -0.39 is 0 Å². The van der Waals surface area contributed by atoms with Crippen molar-refractivity contribution in [1.82, 2.24) is 4.90 Å². The minimum Gasteiger partial charge on any atom is -0.493 e. The van der Waals surface area contributed by atoms with Gasteiger partial charge in [0.1, 0.15) is 5.75 Å². The molecule has 2 aromatic rings. The minimum absolute atomic E-state index is 0.0835. The number of benzene rings is 2. The molecule has 1 atom stereocenters. The lowest BCUT2D eigenvalue weighted by molar-refractivity contribution is 0.280. The van der Waals surface area contributed by atoms with E-state index in [4.69, 9.17) is 4.74 Å². The third-order valence-corrected chi connectivity index (χ3v) is 4.64. The van der Waals surface area contributed by atoms with Crippen molar-refractivity contribution in [2.75, 3.05) is 26.7 Å². The molecule has 0 amide bonds. The predicted molar refractivity (Wildman–Crippen MR) is 93.8 cm³/mol. The Kier molecular flexibility index (Phi) is 4.99. The van der Waals surface area contributed by atoms with Crippen LogP contribution in [0.5, 0.6) is 5.75 Å². The third-order valence-electron chi connectivity index (χ3n) is 4.64. The Morgan fingerprint density at radius 3 is 2.74 bits per heavy atom. The molecule has 1 heterocycles. The highest BCUT2D eigenvalue weighted by Gasteiger charge is 2.23. The smallest absolute Gasteiger partial charge is 0.127 e. The van der Waals surface area contributed by atoms with E-state index in [1.807, 2.05) is 25.1 Å². The van der Waals surface area contributed by atoms with Gasteiger partial charge in [0, 0.05) is 12.1 Å². The molecule has 3 nitrogen and oxygen atoms in total. The van der Waals surface area contributed by atoms with Crippen LogP contribution >= 0.6 is 0 Å². The van der Waals surface area contributed by atoms with Crippen molar-refractivity contribution in [1.29, 1.82) is 0 Å². The Morgan fingerprint density at radius 2 is 2.04 bits per heavy atom. The summed E-state index contributed by atoms with van der Waals surface area (Å²) in [6, 6.07) is 14.5. The Balaban J connectivity index is 1.96. The van der Waals surface area contributed by atoms with Gasteiger partial charge in [-0.2, -0.15) is 0 Å². The summed E-state index contributed by atoms with van der Waals surface area (Å²) < 4.78 is 5.74. The van der Waals surface area contributed by atoms with Crippen LogP contribution in [0.15, 0.2) is 42.5 Å². The van der Waals surface area contributed by atoms with E-state index in [9.17, 15) is 5.11 Å². The molecule has 1 aliphatic heterocycles. The first-order valence-electron chi connectivity index (χ1n) is 8.37. The number of para-hydroxylation sites is 1. The molecule has 0 spiro atoms. The molecule has 0 aromatic heterocycles. The zero-order valence-electron chi connectivity index (χ0n) is 14.0. The van der Waals surface area contributed by atoms with Crippen molar-refractivity contribution in [3.8, 4) is 16.9 Å². The van der Waals surface area contributed by atoms with Crippen molar-refractivity contribution in [2.45, 2.75) is 25.9 Å². The van der Waals surface area contributed by atoms with Gasteiger partial charge >= 0.3 is 0 Å². The topological polar surface area (TPSA) is 32.7 Å². The zero-order valence-corrected chi connectivity index (χ0v) is 14.0. The van der Waals surface area contributed by atoms with Gasteiger partial charge in [-0.1, -0.05) is 30.3 Å². The maximum atomic E-state index is 9.84. The molecule has 2 aromatic carbocycles. The predicted octanol–water partition coefficient (Wildman–Crippen LogP) is 3.66. The van der Waals surface area contributed by atoms with E-state index in [1.165, 1.54) is 12.0 Å². The summed E-state index contributed by atoms with van der Waals surface area (Å²) >= 11 is 0. The first-order chi connectivity index (χ1) is 11.2. The lowest BCUT2D eigenvalue weighted by atomic mass is 9.90. The largest absolute Gasteiger partial charge is 0.493 e. The molecule has 0 aliphatic carbocycles. The fourth-order valence-corrected chi connectivity index (χ4v) is 3.48. The standard InChI is InChI=1S/C20H25NO2/c1-3-23-20-7-5-4-6-19(20)15-8-9-18(17(12-15)14-22)16-10-11-21(2)13-16/h4-9,12,16,22H,3,10-11,13-14H2,1-2H3. The monoisotopic (exact) mass is 311 g/mol. The second-order valence-electron chi connectivity index (χ2n) is 6.25. The highest BCUT2D eigenvalue weighted by molar-refractivity contribution is 5.71. The number of nitrogens with zero attached hydrogens (tertiary/aromatic N) is 1. The fraction of sp³-hybridized carbons (Fsp3) is 0.400. The summed E-state index contributed by atoms with van der Waals surface area (Å²) in [4.78, 5) is 2.35. The molecule has 3 heteroatoms. The number of hydrogen-bond donors (Lipinski definition) is 1. The average Bonchev–Trinajstić information content (AvgIpc) is 3.01.